The standard InChI is InChI=1S/C36H43ClN4O4/c1-4-10-30-27-11-5-6-14-31(27)40-34(39-30)33-28(12-9-13-29(33)37)36(43,19-7-8-21-44-3)32-24-41(20-22-45-32)35(42)26-17-15-25(16-18-26)23-38-2/h5-6,9,11-18,32,38,43H,4,7-8,10,19-24H2,1-3H3. The van der Waals surface area contributed by atoms with Crippen LogP contribution >= 0.6 is 11.6 Å². The molecule has 9 heteroatoms. The summed E-state index contributed by atoms with van der Waals surface area (Å²) in [6.45, 7) is 4.39. The molecule has 238 valence electrons. The van der Waals surface area contributed by atoms with Gasteiger partial charge in [-0.25, -0.2) is 9.97 Å². The van der Waals surface area contributed by atoms with Crippen LogP contribution in [0.15, 0.2) is 66.7 Å². The maximum absolute atomic E-state index is 13.7. The van der Waals surface area contributed by atoms with Gasteiger partial charge in [-0.05, 0) is 68.1 Å². The number of aromatic nitrogens is 2. The fraction of sp³-hybridized carbons (Fsp3) is 0.417. The lowest BCUT2D eigenvalue weighted by atomic mass is 9.80. The number of ether oxygens (including phenoxy) is 2. The highest BCUT2D eigenvalue weighted by atomic mass is 35.5. The minimum absolute atomic E-state index is 0.0885. The first kappa shape index (κ1) is 33.0. The highest BCUT2D eigenvalue weighted by Crippen LogP contribution is 2.42. The summed E-state index contributed by atoms with van der Waals surface area (Å²) in [6.07, 6.45) is 2.83. The number of methoxy groups -OCH3 is 1. The van der Waals surface area contributed by atoms with Crippen molar-refractivity contribution in [2.24, 2.45) is 0 Å². The Morgan fingerprint density at radius 1 is 1.11 bits per heavy atom. The summed E-state index contributed by atoms with van der Waals surface area (Å²) in [5.74, 6) is 0.382. The Bertz CT molecular complexity index is 1600. The molecule has 3 aromatic carbocycles. The van der Waals surface area contributed by atoms with Gasteiger partial charge in [0.1, 0.15) is 11.7 Å². The highest BCUT2D eigenvalue weighted by molar-refractivity contribution is 6.33. The van der Waals surface area contributed by atoms with Crippen molar-refractivity contribution in [3.8, 4) is 11.4 Å². The van der Waals surface area contributed by atoms with Crippen molar-refractivity contribution in [2.45, 2.75) is 57.3 Å². The number of amides is 1. The molecule has 1 aromatic heterocycles. The second-order valence-electron chi connectivity index (χ2n) is 11.6. The number of rotatable bonds is 13. The van der Waals surface area contributed by atoms with Crippen molar-refractivity contribution in [3.63, 3.8) is 0 Å². The Hall–Kier alpha value is -3.40. The van der Waals surface area contributed by atoms with Gasteiger partial charge < -0.3 is 24.8 Å². The number of benzene rings is 3. The number of aryl methyl sites for hydroxylation is 1. The molecule has 1 amide bonds. The minimum atomic E-state index is -1.48. The first-order valence-electron chi connectivity index (χ1n) is 15.8. The summed E-state index contributed by atoms with van der Waals surface area (Å²) in [5, 5.41) is 17.4. The Kier molecular flexibility index (Phi) is 11.2. The third-order valence-electron chi connectivity index (χ3n) is 8.50. The first-order valence-corrected chi connectivity index (χ1v) is 16.2. The fourth-order valence-electron chi connectivity index (χ4n) is 6.18. The number of halogens is 1. The molecule has 0 bridgehead atoms. The van der Waals surface area contributed by atoms with Crippen LogP contribution in [0.4, 0.5) is 0 Å². The van der Waals surface area contributed by atoms with Gasteiger partial charge in [0.25, 0.3) is 5.91 Å². The lowest BCUT2D eigenvalue weighted by molar-refractivity contribution is -0.146. The van der Waals surface area contributed by atoms with Crippen molar-refractivity contribution >= 4 is 28.4 Å². The van der Waals surface area contributed by atoms with Crippen LogP contribution in [0, 0.1) is 0 Å². The van der Waals surface area contributed by atoms with E-state index >= 15 is 0 Å². The van der Waals surface area contributed by atoms with Crippen LogP contribution in [0.5, 0.6) is 0 Å². The number of hydrogen-bond donors (Lipinski definition) is 2. The second kappa shape index (κ2) is 15.3. The smallest absolute Gasteiger partial charge is 0.254 e. The van der Waals surface area contributed by atoms with Gasteiger partial charge in [-0.3, -0.25) is 4.79 Å². The predicted octanol–water partition coefficient (Wildman–Crippen LogP) is 6.17. The van der Waals surface area contributed by atoms with Gasteiger partial charge in [0.05, 0.1) is 29.4 Å². The van der Waals surface area contributed by atoms with Gasteiger partial charge in [0.2, 0.25) is 0 Å². The molecule has 2 heterocycles. The van der Waals surface area contributed by atoms with Crippen LogP contribution in [-0.4, -0.2) is 72.4 Å². The molecule has 1 aliphatic heterocycles. The van der Waals surface area contributed by atoms with E-state index < -0.39 is 11.7 Å². The van der Waals surface area contributed by atoms with Crippen LogP contribution in [0.2, 0.25) is 5.02 Å². The third kappa shape index (κ3) is 7.37. The molecule has 0 spiro atoms. The van der Waals surface area contributed by atoms with Crippen molar-refractivity contribution in [2.75, 3.05) is 40.5 Å². The van der Waals surface area contributed by atoms with Crippen molar-refractivity contribution in [1.82, 2.24) is 20.2 Å². The SMILES string of the molecule is CCCc1nc(-c2c(Cl)cccc2C(O)(CCCCOC)C2CN(C(=O)c3ccc(CNC)cc3)CCO2)nc2ccccc12. The quantitative estimate of drug-likeness (QED) is 0.171. The van der Waals surface area contributed by atoms with Crippen LogP contribution < -0.4 is 5.32 Å². The van der Waals surface area contributed by atoms with Crippen molar-refractivity contribution in [1.29, 1.82) is 0 Å². The molecule has 0 radical (unpaired) electrons. The fourth-order valence-corrected chi connectivity index (χ4v) is 6.44. The number of unbranched alkanes of at least 4 members (excludes halogenated alkanes) is 1. The Morgan fingerprint density at radius 2 is 1.91 bits per heavy atom. The summed E-state index contributed by atoms with van der Waals surface area (Å²) in [6, 6.07) is 21.1. The van der Waals surface area contributed by atoms with E-state index in [9.17, 15) is 9.90 Å². The zero-order valence-corrected chi connectivity index (χ0v) is 27.1. The highest BCUT2D eigenvalue weighted by Gasteiger charge is 2.44. The zero-order valence-electron chi connectivity index (χ0n) is 26.4. The van der Waals surface area contributed by atoms with E-state index in [-0.39, 0.29) is 12.5 Å². The Balaban J connectivity index is 1.55. The molecule has 0 saturated carbocycles. The Morgan fingerprint density at radius 3 is 2.67 bits per heavy atom. The van der Waals surface area contributed by atoms with Gasteiger partial charge in [-0.15, -0.1) is 0 Å². The molecular formula is C36H43ClN4O4. The lowest BCUT2D eigenvalue weighted by Gasteiger charge is -2.43. The van der Waals surface area contributed by atoms with E-state index in [1.54, 1.807) is 18.1 Å². The molecule has 0 aliphatic carbocycles. The normalized spacial score (nSPS) is 16.6. The molecule has 8 nitrogen and oxygen atoms in total. The van der Waals surface area contributed by atoms with Crippen molar-refractivity contribution in [3.05, 3.63) is 94.1 Å². The number of fused-ring (bicyclic) bond motifs is 1. The molecular weight excluding hydrogens is 588 g/mol. The number of hydrogen-bond acceptors (Lipinski definition) is 7. The molecule has 1 aliphatic rings. The topological polar surface area (TPSA) is 96.8 Å². The lowest BCUT2D eigenvalue weighted by Crippen LogP contribution is -2.54. The Labute approximate surface area is 270 Å². The molecule has 2 unspecified atom stereocenters. The number of carbonyl (C=O) groups excluding carboxylic acids is 1. The number of para-hydroxylation sites is 1. The minimum Gasteiger partial charge on any atom is -0.385 e. The van der Waals surface area contributed by atoms with E-state index in [2.05, 4.69) is 12.2 Å². The summed E-state index contributed by atoms with van der Waals surface area (Å²) >= 11 is 6.95. The summed E-state index contributed by atoms with van der Waals surface area (Å²) in [7, 11) is 3.57. The van der Waals surface area contributed by atoms with Gasteiger partial charge in [0.15, 0.2) is 5.82 Å². The maximum Gasteiger partial charge on any atom is 0.254 e. The van der Waals surface area contributed by atoms with Gasteiger partial charge >= 0.3 is 0 Å². The number of nitrogens with zero attached hydrogens (tertiary/aromatic N) is 3. The van der Waals surface area contributed by atoms with Crippen LogP contribution in [0.3, 0.4) is 0 Å². The zero-order chi connectivity index (χ0) is 31.8. The van der Waals surface area contributed by atoms with Crippen LogP contribution in [0.25, 0.3) is 22.3 Å². The van der Waals surface area contributed by atoms with E-state index in [4.69, 9.17) is 31.0 Å². The largest absolute Gasteiger partial charge is 0.385 e. The molecule has 1 fully saturated rings. The molecule has 45 heavy (non-hydrogen) atoms. The molecule has 4 aromatic rings. The average molecular weight is 631 g/mol. The van der Waals surface area contributed by atoms with Crippen molar-refractivity contribution < 1.29 is 19.4 Å². The van der Waals surface area contributed by atoms with E-state index in [0.29, 0.717) is 60.1 Å². The molecule has 5 rings (SSSR count). The molecule has 2 atom stereocenters. The summed E-state index contributed by atoms with van der Waals surface area (Å²) in [4.78, 5) is 25.4. The number of carbonyl (C=O) groups is 1. The summed E-state index contributed by atoms with van der Waals surface area (Å²) < 4.78 is 11.6. The number of morpholine rings is 1. The van der Waals surface area contributed by atoms with Gasteiger partial charge in [-0.2, -0.15) is 0 Å². The molecule has 2 N–H and O–H groups in total. The average Bonchev–Trinajstić information content (AvgIpc) is 3.07. The van der Waals surface area contributed by atoms with Crippen LogP contribution in [0.1, 0.15) is 59.8 Å². The number of aliphatic hydroxyl groups is 1. The van der Waals surface area contributed by atoms with E-state index in [0.717, 1.165) is 48.0 Å². The number of nitrogens with one attached hydrogen (secondary N) is 1. The van der Waals surface area contributed by atoms with E-state index in [1.807, 2.05) is 67.7 Å². The predicted molar refractivity (Wildman–Crippen MR) is 178 cm³/mol. The monoisotopic (exact) mass is 630 g/mol. The summed E-state index contributed by atoms with van der Waals surface area (Å²) in [5.41, 5.74) is 3.18. The first-order chi connectivity index (χ1) is 21.9. The second-order valence-corrected chi connectivity index (χ2v) is 12.0. The third-order valence-corrected chi connectivity index (χ3v) is 8.81. The van der Waals surface area contributed by atoms with Gasteiger partial charge in [0, 0.05) is 43.3 Å². The molecule has 1 saturated heterocycles. The van der Waals surface area contributed by atoms with Gasteiger partial charge in [-0.1, -0.05) is 67.4 Å². The van der Waals surface area contributed by atoms with Crippen LogP contribution in [-0.2, 0) is 28.0 Å². The van der Waals surface area contributed by atoms with E-state index in [1.165, 1.54) is 0 Å². The maximum atomic E-state index is 13.7.